The molecule has 0 aromatic carbocycles. The Morgan fingerprint density at radius 1 is 1.00 bits per heavy atom. The van der Waals surface area contributed by atoms with Gasteiger partial charge in [0.25, 0.3) is 0 Å². The first-order valence-electron chi connectivity index (χ1n) is 4.37. The van der Waals surface area contributed by atoms with Gasteiger partial charge in [0, 0.05) is 0 Å². The minimum atomic E-state index is 0.224. The standard InChI is InChI=1S/C8H18Si.Hf/c1-3-5-7-9-8-6-4-2;/h3-8H2,1-2H3;/q;+2. The average molecular weight is 321 g/mol. The molecule has 0 aliphatic rings. The molecule has 10 heavy (non-hydrogen) atoms. The Kier molecular flexibility index (Phi) is 9.08. The van der Waals surface area contributed by atoms with Gasteiger partial charge in [0.05, 0.1) is 0 Å². The quantitative estimate of drug-likeness (QED) is 0.660. The van der Waals surface area contributed by atoms with Crippen LogP contribution in [0.4, 0.5) is 0 Å². The van der Waals surface area contributed by atoms with E-state index in [4.69, 9.17) is 0 Å². The first-order chi connectivity index (χ1) is 4.81. The summed E-state index contributed by atoms with van der Waals surface area (Å²) in [5.41, 5.74) is 0.224. The molecule has 0 aromatic rings. The Balaban J connectivity index is 3.09. The van der Waals surface area contributed by atoms with Crippen LogP contribution < -0.4 is 0 Å². The van der Waals surface area contributed by atoms with Crippen LogP contribution in [0.5, 0.6) is 0 Å². The van der Waals surface area contributed by atoms with E-state index >= 15 is 0 Å². The summed E-state index contributed by atoms with van der Waals surface area (Å²) in [4.78, 5) is 0. The summed E-state index contributed by atoms with van der Waals surface area (Å²) in [6.45, 7) is 4.60. The molecular formula is C8H18HfSi+2. The van der Waals surface area contributed by atoms with Crippen molar-refractivity contribution >= 4 is 5.49 Å². The Labute approximate surface area is 79.9 Å². The molecule has 0 nitrogen and oxygen atoms in total. The topological polar surface area (TPSA) is 0 Å². The molecular weight excluding hydrogens is 303 g/mol. The third-order valence-corrected chi connectivity index (χ3v) is 8.97. The van der Waals surface area contributed by atoms with Crippen LogP contribution in [0, 0.1) is 0 Å². The van der Waals surface area contributed by atoms with E-state index in [0.29, 0.717) is 0 Å². The van der Waals surface area contributed by atoms with Crippen LogP contribution in [0.2, 0.25) is 12.1 Å². The fraction of sp³-hybridized carbons (Fsp3) is 1.00. The van der Waals surface area contributed by atoms with Crippen LogP contribution >= 0.6 is 0 Å². The van der Waals surface area contributed by atoms with Crippen molar-refractivity contribution in [3.05, 3.63) is 0 Å². The van der Waals surface area contributed by atoms with Gasteiger partial charge in [-0.2, -0.15) is 0 Å². The molecule has 0 heterocycles. The SMILES string of the molecule is CCCC[Si](=[Hf+2])CCCC. The van der Waals surface area contributed by atoms with E-state index in [1.54, 1.807) is 12.1 Å². The van der Waals surface area contributed by atoms with Gasteiger partial charge in [-0.3, -0.25) is 0 Å². The van der Waals surface area contributed by atoms with E-state index in [2.05, 4.69) is 13.8 Å². The maximum atomic E-state index is 2.30. The van der Waals surface area contributed by atoms with Crippen molar-refractivity contribution in [2.45, 2.75) is 51.6 Å². The van der Waals surface area contributed by atoms with Gasteiger partial charge in [-0.25, -0.2) is 0 Å². The van der Waals surface area contributed by atoms with Gasteiger partial charge in [-0.1, -0.05) is 0 Å². The average Bonchev–Trinajstić information content (AvgIpc) is 1.97. The Bertz CT molecular complexity index is 81.3. The molecule has 0 saturated carbocycles. The summed E-state index contributed by atoms with van der Waals surface area (Å²) >= 11 is 1.52. The molecule has 0 aliphatic heterocycles. The van der Waals surface area contributed by atoms with Gasteiger partial charge in [0.1, 0.15) is 0 Å². The van der Waals surface area contributed by atoms with Gasteiger partial charge < -0.3 is 0 Å². The Hall–Kier alpha value is 1.09. The fourth-order valence-corrected chi connectivity index (χ4v) is 6.53. The third-order valence-electron chi connectivity index (χ3n) is 1.66. The van der Waals surface area contributed by atoms with E-state index in [0.717, 1.165) is 0 Å². The zero-order valence-electron chi connectivity index (χ0n) is 7.24. The predicted octanol–water partition coefficient (Wildman–Crippen LogP) is 3.12. The van der Waals surface area contributed by atoms with Crippen molar-refractivity contribution in [2.24, 2.45) is 0 Å². The van der Waals surface area contributed by atoms with Crippen LogP contribution in [-0.4, -0.2) is 5.49 Å². The molecule has 0 saturated heterocycles. The van der Waals surface area contributed by atoms with Crippen molar-refractivity contribution in [1.29, 1.82) is 0 Å². The summed E-state index contributed by atoms with van der Waals surface area (Å²) in [5, 5.41) is 0. The second-order valence-corrected chi connectivity index (χ2v) is 12.6. The molecule has 0 bridgehead atoms. The van der Waals surface area contributed by atoms with Crippen LogP contribution in [0.3, 0.4) is 0 Å². The van der Waals surface area contributed by atoms with Crippen LogP contribution in [0.15, 0.2) is 0 Å². The molecule has 0 fully saturated rings. The molecule has 0 aromatic heterocycles. The Morgan fingerprint density at radius 2 is 1.40 bits per heavy atom. The molecule has 0 aliphatic carbocycles. The second-order valence-electron chi connectivity index (χ2n) is 2.81. The van der Waals surface area contributed by atoms with Gasteiger partial charge in [0.15, 0.2) is 0 Å². The molecule has 0 N–H and O–H groups in total. The van der Waals surface area contributed by atoms with Gasteiger partial charge in [-0.15, -0.1) is 0 Å². The van der Waals surface area contributed by atoms with Crippen molar-refractivity contribution in [3.63, 3.8) is 0 Å². The minimum absolute atomic E-state index is 0.224. The van der Waals surface area contributed by atoms with E-state index in [-0.39, 0.29) is 5.49 Å². The summed E-state index contributed by atoms with van der Waals surface area (Å²) in [7, 11) is 0. The first kappa shape index (κ1) is 11.1. The van der Waals surface area contributed by atoms with Crippen LogP contribution in [0.25, 0.3) is 0 Å². The summed E-state index contributed by atoms with van der Waals surface area (Å²) in [6.07, 6.45) is 5.81. The number of unbranched alkanes of at least 4 members (excludes halogenated alkanes) is 2. The second kappa shape index (κ2) is 8.19. The number of rotatable bonds is 6. The molecule has 0 atom stereocenters. The Morgan fingerprint density at radius 3 is 1.70 bits per heavy atom. The summed E-state index contributed by atoms with van der Waals surface area (Å²) in [6, 6.07) is 3.21. The molecule has 0 spiro atoms. The van der Waals surface area contributed by atoms with E-state index in [9.17, 15) is 0 Å². The number of hydrogen-bond acceptors (Lipinski definition) is 0. The monoisotopic (exact) mass is 322 g/mol. The third kappa shape index (κ3) is 7.20. The van der Waals surface area contributed by atoms with Crippen molar-refractivity contribution in [1.82, 2.24) is 0 Å². The molecule has 0 rings (SSSR count). The van der Waals surface area contributed by atoms with E-state index < -0.39 is 0 Å². The van der Waals surface area contributed by atoms with Crippen molar-refractivity contribution < 1.29 is 23.0 Å². The zero-order valence-corrected chi connectivity index (χ0v) is 11.8. The zero-order chi connectivity index (χ0) is 7.82. The normalized spacial score (nSPS) is 10.0. The van der Waals surface area contributed by atoms with Gasteiger partial charge in [-0.05, 0) is 0 Å². The summed E-state index contributed by atoms with van der Waals surface area (Å²) < 4.78 is 0. The van der Waals surface area contributed by atoms with Crippen molar-refractivity contribution in [3.8, 4) is 0 Å². The van der Waals surface area contributed by atoms with Crippen molar-refractivity contribution in [2.75, 3.05) is 0 Å². The number of hydrogen-bond donors (Lipinski definition) is 0. The molecule has 0 unspecified atom stereocenters. The molecule has 2 heteroatoms. The van der Waals surface area contributed by atoms with E-state index in [1.165, 1.54) is 48.7 Å². The van der Waals surface area contributed by atoms with E-state index in [1.807, 2.05) is 0 Å². The first-order valence-corrected chi connectivity index (χ1v) is 11.7. The molecule has 0 radical (unpaired) electrons. The predicted molar refractivity (Wildman–Crippen MR) is 45.2 cm³/mol. The van der Waals surface area contributed by atoms with Crippen LogP contribution in [0.1, 0.15) is 39.5 Å². The maximum absolute atomic E-state index is 2.30. The molecule has 0 amide bonds. The van der Waals surface area contributed by atoms with Gasteiger partial charge in [0.2, 0.25) is 0 Å². The fourth-order valence-electron chi connectivity index (χ4n) is 0.905. The van der Waals surface area contributed by atoms with Crippen LogP contribution in [-0.2, 0) is 23.0 Å². The molecule has 56 valence electrons. The summed E-state index contributed by atoms with van der Waals surface area (Å²) in [5.74, 6) is 0. The van der Waals surface area contributed by atoms with Gasteiger partial charge >= 0.3 is 80.1 Å².